The lowest BCUT2D eigenvalue weighted by atomic mass is 10.1. The summed E-state index contributed by atoms with van der Waals surface area (Å²) < 4.78 is 26.3. The summed E-state index contributed by atoms with van der Waals surface area (Å²) in [6.45, 7) is 1.66. The molecule has 1 aliphatic heterocycles. The van der Waals surface area contributed by atoms with Gasteiger partial charge in [-0.15, -0.1) is 0 Å². The fourth-order valence-corrected chi connectivity index (χ4v) is 2.88. The molecule has 0 aliphatic carbocycles. The molecule has 2 amide bonds. The van der Waals surface area contributed by atoms with Gasteiger partial charge >= 0.3 is 0 Å². The zero-order valence-corrected chi connectivity index (χ0v) is 14.9. The summed E-state index contributed by atoms with van der Waals surface area (Å²) in [6.07, 6.45) is -0.495. The van der Waals surface area contributed by atoms with Crippen LogP contribution in [0.2, 0.25) is 0 Å². The van der Waals surface area contributed by atoms with Crippen molar-refractivity contribution in [2.45, 2.75) is 31.9 Å². The normalized spacial score (nSPS) is 18.1. The van der Waals surface area contributed by atoms with Crippen LogP contribution in [0, 0.1) is 6.92 Å². The summed E-state index contributed by atoms with van der Waals surface area (Å²) in [6, 6.07) is 13.4. The van der Waals surface area contributed by atoms with E-state index < -0.39 is 30.8 Å². The first-order valence-corrected chi connectivity index (χ1v) is 8.68. The van der Waals surface area contributed by atoms with Gasteiger partial charge in [0.25, 0.3) is 11.8 Å². The van der Waals surface area contributed by atoms with Crippen molar-refractivity contribution in [2.75, 3.05) is 11.9 Å². The molecule has 1 heterocycles. The van der Waals surface area contributed by atoms with E-state index in [1.807, 2.05) is 19.1 Å². The lowest BCUT2D eigenvalue weighted by Gasteiger charge is -2.12. The highest BCUT2D eigenvalue weighted by Gasteiger charge is 2.42. The minimum absolute atomic E-state index is 0.191. The monoisotopic (exact) mass is 373 g/mol. The summed E-state index contributed by atoms with van der Waals surface area (Å²) in [7, 11) is 0. The fourth-order valence-electron chi connectivity index (χ4n) is 2.88. The minimum Gasteiger partial charge on any atom is -0.351 e. The minimum atomic E-state index is -2.85. The van der Waals surface area contributed by atoms with Crippen molar-refractivity contribution in [3.8, 4) is 0 Å². The number of carbonyl (C=O) groups is 2. The van der Waals surface area contributed by atoms with Crippen molar-refractivity contribution in [2.24, 2.45) is 0 Å². The fraction of sp³-hybridized carbons (Fsp3) is 0.300. The summed E-state index contributed by atoms with van der Waals surface area (Å²) in [5.74, 6) is -3.53. The number of benzene rings is 2. The quantitative estimate of drug-likeness (QED) is 0.755. The molecule has 1 aliphatic rings. The Labute approximate surface area is 156 Å². The van der Waals surface area contributed by atoms with Gasteiger partial charge in [-0.3, -0.25) is 14.9 Å². The molecule has 0 saturated carbocycles. The van der Waals surface area contributed by atoms with Crippen molar-refractivity contribution in [1.29, 1.82) is 0 Å². The van der Waals surface area contributed by atoms with Crippen LogP contribution in [0.25, 0.3) is 0 Å². The van der Waals surface area contributed by atoms with Crippen LogP contribution >= 0.6 is 0 Å². The van der Waals surface area contributed by atoms with Crippen molar-refractivity contribution < 1.29 is 18.4 Å². The number of hydrogen-bond donors (Lipinski definition) is 3. The molecule has 1 unspecified atom stereocenters. The van der Waals surface area contributed by atoms with Crippen molar-refractivity contribution >= 4 is 17.5 Å². The molecule has 27 heavy (non-hydrogen) atoms. The van der Waals surface area contributed by atoms with Crippen molar-refractivity contribution in [3.05, 3.63) is 65.2 Å². The van der Waals surface area contributed by atoms with Gasteiger partial charge in [0.1, 0.15) is 0 Å². The molecule has 3 N–H and O–H groups in total. The molecule has 0 bridgehead atoms. The van der Waals surface area contributed by atoms with Gasteiger partial charge in [-0.25, -0.2) is 8.78 Å². The lowest BCUT2D eigenvalue weighted by molar-refractivity contribution is -0.123. The third-order valence-corrected chi connectivity index (χ3v) is 4.39. The summed E-state index contributed by atoms with van der Waals surface area (Å²) in [5.41, 5.74) is 2.97. The number of aryl methyl sites for hydroxylation is 1. The lowest BCUT2D eigenvalue weighted by Crippen LogP contribution is -2.40. The maximum absolute atomic E-state index is 13.2. The van der Waals surface area contributed by atoms with Gasteiger partial charge in [0.05, 0.1) is 12.6 Å². The second-order valence-corrected chi connectivity index (χ2v) is 6.73. The molecule has 142 valence electrons. The van der Waals surface area contributed by atoms with Gasteiger partial charge in [0, 0.05) is 24.2 Å². The van der Waals surface area contributed by atoms with Crippen LogP contribution in [0.5, 0.6) is 0 Å². The zero-order valence-electron chi connectivity index (χ0n) is 14.9. The topological polar surface area (TPSA) is 70.2 Å². The largest absolute Gasteiger partial charge is 0.351 e. The van der Waals surface area contributed by atoms with Gasteiger partial charge in [-0.05, 0) is 36.8 Å². The molecule has 5 nitrogen and oxygen atoms in total. The molecular weight excluding hydrogens is 352 g/mol. The van der Waals surface area contributed by atoms with E-state index in [4.69, 9.17) is 0 Å². The van der Waals surface area contributed by atoms with E-state index >= 15 is 0 Å². The average Bonchev–Trinajstić information content (AvgIpc) is 3.00. The molecule has 1 atom stereocenters. The van der Waals surface area contributed by atoms with Crippen molar-refractivity contribution in [1.82, 2.24) is 10.6 Å². The first kappa shape index (κ1) is 19.0. The van der Waals surface area contributed by atoms with Gasteiger partial charge in [0.15, 0.2) is 0 Å². The Morgan fingerprint density at radius 1 is 1.19 bits per heavy atom. The van der Waals surface area contributed by atoms with Gasteiger partial charge < -0.3 is 10.6 Å². The van der Waals surface area contributed by atoms with Crippen LogP contribution < -0.4 is 16.0 Å². The first-order valence-electron chi connectivity index (χ1n) is 8.68. The van der Waals surface area contributed by atoms with E-state index in [9.17, 15) is 18.4 Å². The number of amides is 2. The van der Waals surface area contributed by atoms with Gasteiger partial charge in [-0.2, -0.15) is 0 Å². The van der Waals surface area contributed by atoms with Crippen LogP contribution in [-0.4, -0.2) is 30.3 Å². The van der Waals surface area contributed by atoms with Crippen LogP contribution in [0.3, 0.4) is 0 Å². The molecule has 2 aromatic rings. The third-order valence-electron chi connectivity index (χ3n) is 4.39. The summed E-state index contributed by atoms with van der Waals surface area (Å²) in [5, 5.41) is 7.98. The molecule has 0 aromatic heterocycles. The molecular formula is C20H21F2N3O2. The Bertz CT molecular complexity index is 837. The zero-order chi connectivity index (χ0) is 19.4. The van der Waals surface area contributed by atoms with Gasteiger partial charge in [-0.1, -0.05) is 29.8 Å². The number of halogens is 2. The van der Waals surface area contributed by atoms with E-state index in [1.165, 1.54) is 0 Å². The highest BCUT2D eigenvalue weighted by molar-refractivity contribution is 6.04. The number of carbonyl (C=O) groups excluding carboxylic acids is 2. The highest BCUT2D eigenvalue weighted by atomic mass is 19.3. The summed E-state index contributed by atoms with van der Waals surface area (Å²) >= 11 is 0. The Kier molecular flexibility index (Phi) is 5.51. The Morgan fingerprint density at radius 2 is 1.93 bits per heavy atom. The van der Waals surface area contributed by atoms with E-state index in [0.29, 0.717) is 11.3 Å². The van der Waals surface area contributed by atoms with Crippen molar-refractivity contribution in [3.63, 3.8) is 0 Å². The average molecular weight is 373 g/mol. The Hall–Kier alpha value is -2.80. The molecule has 0 spiro atoms. The van der Waals surface area contributed by atoms with Crippen LogP contribution in [0.1, 0.15) is 27.9 Å². The highest BCUT2D eigenvalue weighted by Crippen LogP contribution is 2.25. The molecule has 0 radical (unpaired) electrons. The molecule has 1 saturated heterocycles. The predicted octanol–water partition coefficient (Wildman–Crippen LogP) is 2.86. The van der Waals surface area contributed by atoms with Crippen LogP contribution in [-0.2, 0) is 11.3 Å². The maximum atomic E-state index is 13.2. The molecule has 2 aromatic carbocycles. The number of anilines is 1. The SMILES string of the molecule is Cc1ccc(C(=O)Nc2cccc(CNC(=O)C3CC(F)(F)CN3)c2)cc1. The van der Waals surface area contributed by atoms with E-state index in [2.05, 4.69) is 16.0 Å². The molecule has 7 heteroatoms. The van der Waals surface area contributed by atoms with E-state index in [1.54, 1.807) is 36.4 Å². The standard InChI is InChI=1S/C20H21F2N3O2/c1-13-5-7-15(8-6-13)18(26)25-16-4-2-3-14(9-16)11-23-19(27)17-10-20(21,22)12-24-17/h2-9,17,24H,10-12H2,1H3,(H,23,27)(H,25,26). The number of nitrogens with one attached hydrogen (secondary N) is 3. The molecule has 3 rings (SSSR count). The smallest absolute Gasteiger partial charge is 0.262 e. The second kappa shape index (κ2) is 7.84. The number of alkyl halides is 2. The second-order valence-electron chi connectivity index (χ2n) is 6.73. The number of hydrogen-bond acceptors (Lipinski definition) is 3. The summed E-state index contributed by atoms with van der Waals surface area (Å²) in [4.78, 5) is 24.3. The third kappa shape index (κ3) is 5.10. The Balaban J connectivity index is 1.56. The van der Waals surface area contributed by atoms with Crippen LogP contribution in [0.15, 0.2) is 48.5 Å². The number of rotatable bonds is 5. The van der Waals surface area contributed by atoms with E-state index in [-0.39, 0.29) is 12.5 Å². The Morgan fingerprint density at radius 3 is 2.59 bits per heavy atom. The first-order chi connectivity index (χ1) is 12.8. The van der Waals surface area contributed by atoms with E-state index in [0.717, 1.165) is 11.1 Å². The van der Waals surface area contributed by atoms with Gasteiger partial charge in [0.2, 0.25) is 5.91 Å². The molecule has 1 fully saturated rings. The predicted molar refractivity (Wildman–Crippen MR) is 98.8 cm³/mol. The van der Waals surface area contributed by atoms with Crippen LogP contribution in [0.4, 0.5) is 14.5 Å². The maximum Gasteiger partial charge on any atom is 0.262 e.